The van der Waals surface area contributed by atoms with Crippen molar-refractivity contribution in [2.75, 3.05) is 0 Å². The predicted octanol–water partition coefficient (Wildman–Crippen LogP) is 5.05. The van der Waals surface area contributed by atoms with E-state index < -0.39 is 0 Å². The number of aromatic amines is 1. The summed E-state index contributed by atoms with van der Waals surface area (Å²) in [6.07, 6.45) is 5.10. The van der Waals surface area contributed by atoms with Gasteiger partial charge in [0.25, 0.3) is 0 Å². The zero-order valence-electron chi connectivity index (χ0n) is 10.9. The average Bonchev–Trinajstić information content (AvgIpc) is 2.76. The molecule has 0 aliphatic heterocycles. The summed E-state index contributed by atoms with van der Waals surface area (Å²) in [7, 11) is 0. The Balaban J connectivity index is 1.99. The van der Waals surface area contributed by atoms with E-state index in [1.807, 2.05) is 0 Å². The largest absolute Gasteiger partial charge is 0.355 e. The summed E-state index contributed by atoms with van der Waals surface area (Å²) in [4.78, 5) is 3.51. The maximum absolute atomic E-state index is 3.51. The van der Waals surface area contributed by atoms with Crippen molar-refractivity contribution in [2.24, 2.45) is 0 Å². The lowest BCUT2D eigenvalue weighted by Gasteiger charge is -2.00. The Bertz CT molecular complexity index is 663. The van der Waals surface area contributed by atoms with Crippen LogP contribution in [0.15, 0.2) is 42.5 Å². The molecule has 3 rings (SSSR count). The lowest BCUT2D eigenvalue weighted by atomic mass is 10.0. The van der Waals surface area contributed by atoms with Crippen molar-refractivity contribution >= 4 is 21.8 Å². The summed E-state index contributed by atoms with van der Waals surface area (Å²) in [5, 5.41) is 2.66. The second-order valence-electron chi connectivity index (χ2n) is 5.01. The van der Waals surface area contributed by atoms with Crippen LogP contribution in [0.25, 0.3) is 21.8 Å². The minimum absolute atomic E-state index is 1.19. The Morgan fingerprint density at radius 1 is 0.889 bits per heavy atom. The molecule has 0 fully saturated rings. The highest BCUT2D eigenvalue weighted by atomic mass is 14.7. The summed E-state index contributed by atoms with van der Waals surface area (Å²) < 4.78 is 0. The minimum Gasteiger partial charge on any atom is -0.355 e. The highest BCUT2D eigenvalue weighted by Crippen LogP contribution is 2.26. The molecule has 0 aliphatic rings. The Hall–Kier alpha value is -1.76. The van der Waals surface area contributed by atoms with Gasteiger partial charge in [-0.25, -0.2) is 0 Å². The molecule has 18 heavy (non-hydrogen) atoms. The number of H-pyrrole nitrogens is 1. The van der Waals surface area contributed by atoms with Crippen LogP contribution in [0.3, 0.4) is 0 Å². The van der Waals surface area contributed by atoms with Gasteiger partial charge in [0.05, 0.1) is 0 Å². The van der Waals surface area contributed by atoms with Gasteiger partial charge in [-0.15, -0.1) is 0 Å². The van der Waals surface area contributed by atoms with Gasteiger partial charge in [-0.3, -0.25) is 0 Å². The topological polar surface area (TPSA) is 15.8 Å². The maximum atomic E-state index is 3.51. The molecule has 0 atom stereocenters. The van der Waals surface area contributed by atoms with Gasteiger partial charge in [0.1, 0.15) is 0 Å². The van der Waals surface area contributed by atoms with Crippen LogP contribution in [0, 0.1) is 0 Å². The minimum atomic E-state index is 1.19. The Morgan fingerprint density at radius 2 is 1.72 bits per heavy atom. The second-order valence-corrected chi connectivity index (χ2v) is 5.01. The Kier molecular flexibility index (Phi) is 3.06. The number of rotatable bonds is 4. The van der Waals surface area contributed by atoms with Gasteiger partial charge in [-0.2, -0.15) is 0 Å². The maximum Gasteiger partial charge on any atom is 0.0467 e. The van der Waals surface area contributed by atoms with E-state index in [-0.39, 0.29) is 0 Å². The zero-order chi connectivity index (χ0) is 12.4. The molecule has 1 N–H and O–H groups in total. The summed E-state index contributed by atoms with van der Waals surface area (Å²) in [5.41, 5.74) is 3.95. The molecule has 0 spiro atoms. The molecule has 0 saturated carbocycles. The van der Waals surface area contributed by atoms with Gasteiger partial charge in [-0.1, -0.05) is 50.1 Å². The van der Waals surface area contributed by atoms with Gasteiger partial charge in [0.15, 0.2) is 0 Å². The zero-order valence-corrected chi connectivity index (χ0v) is 10.9. The van der Waals surface area contributed by atoms with E-state index in [9.17, 15) is 0 Å². The number of aryl methyl sites for hydroxylation is 1. The molecular formula is C17H19N. The monoisotopic (exact) mass is 237 g/mol. The van der Waals surface area contributed by atoms with Gasteiger partial charge >= 0.3 is 0 Å². The van der Waals surface area contributed by atoms with Crippen molar-refractivity contribution in [3.8, 4) is 0 Å². The lowest BCUT2D eigenvalue weighted by molar-refractivity contribution is 0.718. The van der Waals surface area contributed by atoms with E-state index in [2.05, 4.69) is 54.4 Å². The number of para-hydroxylation sites is 1. The first-order valence-corrected chi connectivity index (χ1v) is 6.88. The number of benzene rings is 2. The van der Waals surface area contributed by atoms with Gasteiger partial charge in [0.2, 0.25) is 0 Å². The molecule has 0 amide bonds. The standard InChI is InChI=1S/C17H19N/c1-2-3-4-7-13-10-11-15-14-8-5-6-9-16(14)18-17(15)12-13/h5-6,8-12,18H,2-4,7H2,1H3. The number of unbranched alkanes of at least 4 members (excludes halogenated alkanes) is 2. The first-order chi connectivity index (χ1) is 8.88. The van der Waals surface area contributed by atoms with E-state index in [4.69, 9.17) is 0 Å². The first-order valence-electron chi connectivity index (χ1n) is 6.88. The van der Waals surface area contributed by atoms with E-state index in [1.54, 1.807) is 0 Å². The van der Waals surface area contributed by atoms with Gasteiger partial charge in [0, 0.05) is 21.8 Å². The van der Waals surface area contributed by atoms with E-state index >= 15 is 0 Å². The average molecular weight is 237 g/mol. The van der Waals surface area contributed by atoms with Crippen LogP contribution in [0.5, 0.6) is 0 Å². The van der Waals surface area contributed by atoms with Crippen LogP contribution in [0.4, 0.5) is 0 Å². The summed E-state index contributed by atoms with van der Waals surface area (Å²) in [6, 6.07) is 15.4. The van der Waals surface area contributed by atoms with Crippen molar-refractivity contribution in [1.29, 1.82) is 0 Å². The molecule has 2 aromatic carbocycles. The normalized spacial score (nSPS) is 11.4. The third-order valence-corrected chi connectivity index (χ3v) is 3.64. The van der Waals surface area contributed by atoms with E-state index in [0.29, 0.717) is 0 Å². The molecule has 1 aromatic heterocycles. The predicted molar refractivity (Wildman–Crippen MR) is 79.0 cm³/mol. The number of nitrogens with one attached hydrogen (secondary N) is 1. The van der Waals surface area contributed by atoms with Crippen molar-refractivity contribution in [3.63, 3.8) is 0 Å². The second kappa shape index (κ2) is 4.85. The summed E-state index contributed by atoms with van der Waals surface area (Å²) >= 11 is 0. The summed E-state index contributed by atoms with van der Waals surface area (Å²) in [5.74, 6) is 0. The fourth-order valence-electron chi connectivity index (χ4n) is 2.64. The molecule has 3 aromatic rings. The van der Waals surface area contributed by atoms with Crippen LogP contribution in [0.1, 0.15) is 31.7 Å². The van der Waals surface area contributed by atoms with Crippen LogP contribution in [-0.2, 0) is 6.42 Å². The highest BCUT2D eigenvalue weighted by molar-refractivity contribution is 6.07. The molecule has 1 heterocycles. The first kappa shape index (κ1) is 11.3. The Morgan fingerprint density at radius 3 is 2.61 bits per heavy atom. The number of aromatic nitrogens is 1. The van der Waals surface area contributed by atoms with Crippen molar-refractivity contribution in [2.45, 2.75) is 32.6 Å². The number of hydrogen-bond donors (Lipinski definition) is 1. The van der Waals surface area contributed by atoms with Crippen LogP contribution in [-0.4, -0.2) is 4.98 Å². The third-order valence-electron chi connectivity index (χ3n) is 3.64. The Labute approximate surface area is 108 Å². The van der Waals surface area contributed by atoms with Gasteiger partial charge in [-0.05, 0) is 30.5 Å². The number of hydrogen-bond acceptors (Lipinski definition) is 0. The number of fused-ring (bicyclic) bond motifs is 3. The fourth-order valence-corrected chi connectivity index (χ4v) is 2.64. The quantitative estimate of drug-likeness (QED) is 0.611. The van der Waals surface area contributed by atoms with Crippen molar-refractivity contribution in [1.82, 2.24) is 4.98 Å². The molecule has 0 unspecified atom stereocenters. The highest BCUT2D eigenvalue weighted by Gasteiger charge is 2.03. The van der Waals surface area contributed by atoms with Crippen molar-refractivity contribution in [3.05, 3.63) is 48.0 Å². The smallest absolute Gasteiger partial charge is 0.0467 e. The molecular weight excluding hydrogens is 218 g/mol. The molecule has 92 valence electrons. The third kappa shape index (κ3) is 2.01. The van der Waals surface area contributed by atoms with Crippen molar-refractivity contribution < 1.29 is 0 Å². The SMILES string of the molecule is CCCCCc1ccc2c(c1)[nH]c1ccccc12. The molecule has 0 radical (unpaired) electrons. The molecule has 1 heteroatoms. The summed E-state index contributed by atoms with van der Waals surface area (Å²) in [6.45, 7) is 2.25. The van der Waals surface area contributed by atoms with E-state index in [0.717, 1.165) is 0 Å². The van der Waals surface area contributed by atoms with Crippen LogP contribution < -0.4 is 0 Å². The van der Waals surface area contributed by atoms with E-state index in [1.165, 1.54) is 53.1 Å². The molecule has 0 saturated heterocycles. The fraction of sp³-hybridized carbons (Fsp3) is 0.294. The molecule has 0 bridgehead atoms. The van der Waals surface area contributed by atoms with Crippen LogP contribution in [0.2, 0.25) is 0 Å². The molecule has 0 aliphatic carbocycles. The molecule has 1 nitrogen and oxygen atoms in total. The van der Waals surface area contributed by atoms with Crippen LogP contribution >= 0.6 is 0 Å². The lowest BCUT2D eigenvalue weighted by Crippen LogP contribution is -1.85. The van der Waals surface area contributed by atoms with Gasteiger partial charge < -0.3 is 4.98 Å².